The van der Waals surface area contributed by atoms with Crippen molar-refractivity contribution in [2.75, 3.05) is 59.9 Å². The number of nitrogens with one attached hydrogen (secondary N) is 1. The molecule has 50 heavy (non-hydrogen) atoms. The van der Waals surface area contributed by atoms with Crippen molar-refractivity contribution in [1.82, 2.24) is 19.4 Å². The number of likely N-dealkylation sites (N-methyl/N-ethyl adjacent to an activating group) is 1. The molecule has 1 aliphatic rings. The molecule has 9 nitrogen and oxygen atoms in total. The second kappa shape index (κ2) is 16.5. The lowest BCUT2D eigenvalue weighted by molar-refractivity contribution is -0.135. The highest BCUT2D eigenvalue weighted by Gasteiger charge is 2.28. The summed E-state index contributed by atoms with van der Waals surface area (Å²) in [5.41, 5.74) is 2.90. The van der Waals surface area contributed by atoms with Gasteiger partial charge in [0.15, 0.2) is 11.5 Å². The molecule has 1 atom stereocenters. The third kappa shape index (κ3) is 9.17. The van der Waals surface area contributed by atoms with Gasteiger partial charge >= 0.3 is 6.18 Å². The van der Waals surface area contributed by atoms with Crippen molar-refractivity contribution < 1.29 is 36.6 Å². The lowest BCUT2D eigenvalue weighted by Crippen LogP contribution is -2.40. The van der Waals surface area contributed by atoms with Crippen molar-refractivity contribution in [2.45, 2.75) is 56.8 Å². The number of nitrogens with zero attached hydrogens (tertiary/aromatic N) is 4. The van der Waals surface area contributed by atoms with E-state index >= 15 is 0 Å². The van der Waals surface area contributed by atoms with E-state index < -0.39 is 12.6 Å². The van der Waals surface area contributed by atoms with Gasteiger partial charge in [0, 0.05) is 57.2 Å². The second-order valence-corrected chi connectivity index (χ2v) is 12.7. The molecule has 1 saturated heterocycles. The van der Waals surface area contributed by atoms with E-state index in [1.165, 1.54) is 33.5 Å². The summed E-state index contributed by atoms with van der Waals surface area (Å²) < 4.78 is 70.7. The van der Waals surface area contributed by atoms with E-state index in [0.29, 0.717) is 35.3 Å². The number of hydrogen-bond donors (Lipinski definition) is 1. The molecular weight excluding hydrogens is 654 g/mol. The number of likely N-dealkylation sites (tertiary alicyclic amines) is 1. The molecule has 5 rings (SSSR count). The van der Waals surface area contributed by atoms with Gasteiger partial charge in [0.1, 0.15) is 5.82 Å². The number of aryl methyl sites for hydroxylation is 1. The van der Waals surface area contributed by atoms with Crippen molar-refractivity contribution in [2.24, 2.45) is 0 Å². The number of piperidine rings is 1. The number of benzene rings is 3. The van der Waals surface area contributed by atoms with Crippen LogP contribution < -0.4 is 19.5 Å². The topological polar surface area (TPSA) is 81.1 Å². The summed E-state index contributed by atoms with van der Waals surface area (Å²) in [5, 5.41) is 3.52. The highest BCUT2D eigenvalue weighted by atomic mass is 19.4. The van der Waals surface area contributed by atoms with Gasteiger partial charge in [0.05, 0.1) is 32.4 Å². The highest BCUT2D eigenvalue weighted by Crippen LogP contribution is 2.38. The first-order chi connectivity index (χ1) is 24.0. The summed E-state index contributed by atoms with van der Waals surface area (Å²) in [4.78, 5) is 22.4. The fourth-order valence-corrected chi connectivity index (χ4v) is 6.61. The minimum absolute atomic E-state index is 0.0184. The Balaban J connectivity index is 1.21. The Bertz CT molecular complexity index is 1700. The van der Waals surface area contributed by atoms with Crippen LogP contribution in [0.3, 0.4) is 0 Å². The zero-order valence-electron chi connectivity index (χ0n) is 28.9. The van der Waals surface area contributed by atoms with Crippen molar-refractivity contribution in [1.29, 1.82) is 0 Å². The van der Waals surface area contributed by atoms with E-state index in [4.69, 9.17) is 19.2 Å². The Hall–Kier alpha value is -4.52. The monoisotopic (exact) mass is 699 g/mol. The molecule has 1 fully saturated rings. The van der Waals surface area contributed by atoms with E-state index in [2.05, 4.69) is 10.2 Å². The minimum Gasteiger partial charge on any atom is -0.493 e. The fourth-order valence-electron chi connectivity index (χ4n) is 6.61. The normalized spacial score (nSPS) is 14.8. The molecule has 1 amide bonds. The van der Waals surface area contributed by atoms with Crippen molar-refractivity contribution in [3.05, 3.63) is 77.6 Å². The predicted octanol–water partition coefficient (Wildman–Crippen LogP) is 7.37. The summed E-state index contributed by atoms with van der Waals surface area (Å²) in [6.07, 6.45) is -2.64. The number of imidazole rings is 1. The number of rotatable bonds is 15. The van der Waals surface area contributed by atoms with Gasteiger partial charge in [0.2, 0.25) is 11.7 Å². The summed E-state index contributed by atoms with van der Waals surface area (Å²) >= 11 is 0. The lowest BCUT2D eigenvalue weighted by atomic mass is 9.94. The lowest BCUT2D eigenvalue weighted by Gasteiger charge is -2.34. The molecule has 13 heteroatoms. The molecule has 0 aliphatic carbocycles. The van der Waals surface area contributed by atoms with Crippen molar-refractivity contribution >= 4 is 22.9 Å². The number of alkyl halides is 3. The van der Waals surface area contributed by atoms with Crippen LogP contribution in [-0.2, 0) is 6.54 Å². The molecule has 0 spiro atoms. The number of carbonyl (C=O) groups is 1. The predicted molar refractivity (Wildman–Crippen MR) is 185 cm³/mol. The number of amides is 1. The van der Waals surface area contributed by atoms with Crippen LogP contribution in [-0.4, -0.2) is 92.0 Å². The number of halogens is 4. The Labute approximate surface area is 290 Å². The first-order valence-corrected chi connectivity index (χ1v) is 16.8. The number of fused-ring (bicyclic) bond motifs is 1. The van der Waals surface area contributed by atoms with Crippen LogP contribution in [0.2, 0.25) is 0 Å². The quantitative estimate of drug-likeness (QED) is 0.130. The van der Waals surface area contributed by atoms with Gasteiger partial charge in [-0.05, 0) is 74.2 Å². The Morgan fingerprint density at radius 1 is 0.980 bits per heavy atom. The van der Waals surface area contributed by atoms with Gasteiger partial charge in [-0.1, -0.05) is 24.3 Å². The van der Waals surface area contributed by atoms with E-state index in [-0.39, 0.29) is 36.6 Å². The molecule has 0 bridgehead atoms. The standard InChI is InChI=1S/C37H45F4N5O4/c1-44(35(47)27-22-32(48-2)34(50-4)33(23-27)49-3)24-26(25-10-12-28(38)13-11-25)14-19-45-20-15-29(16-21-45)42-36-43-30-8-5-6-9-31(30)46(36)18-7-17-37(39,40)41/h5-6,8-13,22-23,26,29H,7,14-21,24H2,1-4H3,(H,42,43). The molecule has 3 aromatic carbocycles. The van der Waals surface area contributed by atoms with Crippen LogP contribution in [0.4, 0.5) is 23.5 Å². The third-order valence-corrected chi connectivity index (χ3v) is 9.31. The number of hydrogen-bond acceptors (Lipinski definition) is 7. The zero-order chi connectivity index (χ0) is 35.8. The van der Waals surface area contributed by atoms with Gasteiger partial charge in [-0.3, -0.25) is 4.79 Å². The van der Waals surface area contributed by atoms with Gasteiger partial charge in [-0.2, -0.15) is 13.2 Å². The minimum atomic E-state index is -4.20. The number of carbonyl (C=O) groups excluding carboxylic acids is 1. The maximum atomic E-state index is 13.9. The van der Waals surface area contributed by atoms with Gasteiger partial charge in [-0.15, -0.1) is 0 Å². The summed E-state index contributed by atoms with van der Waals surface area (Å²) in [5.74, 6) is 1.18. The van der Waals surface area contributed by atoms with Crippen molar-refractivity contribution in [3.63, 3.8) is 0 Å². The molecule has 270 valence electrons. The van der Waals surface area contributed by atoms with Crippen LogP contribution in [0.5, 0.6) is 17.2 Å². The van der Waals surface area contributed by atoms with E-state index in [1.807, 2.05) is 28.8 Å². The first kappa shape index (κ1) is 36.8. The molecule has 4 aromatic rings. The zero-order valence-corrected chi connectivity index (χ0v) is 28.9. The second-order valence-electron chi connectivity index (χ2n) is 12.7. The molecular formula is C37H45F4N5O4. The fraction of sp³-hybridized carbons (Fsp3) is 0.459. The smallest absolute Gasteiger partial charge is 0.389 e. The van der Waals surface area contributed by atoms with Crippen LogP contribution in [0.25, 0.3) is 11.0 Å². The number of ether oxygens (including phenoxy) is 3. The highest BCUT2D eigenvalue weighted by molar-refractivity contribution is 5.95. The third-order valence-electron chi connectivity index (χ3n) is 9.31. The van der Waals surface area contributed by atoms with Gasteiger partial charge in [0.25, 0.3) is 5.91 Å². The Morgan fingerprint density at radius 3 is 2.26 bits per heavy atom. The molecule has 2 heterocycles. The molecule has 1 aliphatic heterocycles. The largest absolute Gasteiger partial charge is 0.493 e. The molecule has 1 unspecified atom stereocenters. The Morgan fingerprint density at radius 2 is 1.64 bits per heavy atom. The van der Waals surface area contributed by atoms with Crippen LogP contribution in [0, 0.1) is 5.82 Å². The molecule has 0 radical (unpaired) electrons. The van der Waals surface area contributed by atoms with Crippen LogP contribution in [0.15, 0.2) is 60.7 Å². The summed E-state index contributed by atoms with van der Waals surface area (Å²) in [6, 6.07) is 17.3. The SMILES string of the molecule is COc1cc(C(=O)N(C)CC(CCN2CCC(Nc3nc4ccccc4n3CCCC(F)(F)F)CC2)c2ccc(F)cc2)cc(OC)c1OC. The van der Waals surface area contributed by atoms with Crippen molar-refractivity contribution in [3.8, 4) is 17.2 Å². The first-order valence-electron chi connectivity index (χ1n) is 16.8. The van der Waals surface area contributed by atoms with Gasteiger partial charge in [-0.25, -0.2) is 9.37 Å². The molecule has 0 saturated carbocycles. The van der Waals surface area contributed by atoms with E-state index in [1.54, 1.807) is 36.2 Å². The Kier molecular flexibility index (Phi) is 12.1. The average Bonchev–Trinajstić information content (AvgIpc) is 3.45. The van der Waals surface area contributed by atoms with Crippen LogP contribution >= 0.6 is 0 Å². The number of methoxy groups -OCH3 is 3. The number of aromatic nitrogens is 2. The van der Waals surface area contributed by atoms with E-state index in [9.17, 15) is 22.4 Å². The summed E-state index contributed by atoms with van der Waals surface area (Å²) in [7, 11) is 6.25. The average molecular weight is 700 g/mol. The van der Waals surface area contributed by atoms with E-state index in [0.717, 1.165) is 55.5 Å². The van der Waals surface area contributed by atoms with Crippen LogP contribution in [0.1, 0.15) is 53.9 Å². The summed E-state index contributed by atoms with van der Waals surface area (Å²) in [6.45, 7) is 3.05. The maximum Gasteiger partial charge on any atom is 0.389 e. The van der Waals surface area contributed by atoms with Gasteiger partial charge < -0.3 is 33.9 Å². The number of para-hydroxylation sites is 2. The maximum absolute atomic E-state index is 13.9. The molecule has 1 aromatic heterocycles. The number of anilines is 1. The molecule has 1 N–H and O–H groups in total.